The van der Waals surface area contributed by atoms with E-state index in [9.17, 15) is 4.79 Å². The number of thiophene rings is 1. The van der Waals surface area contributed by atoms with Gasteiger partial charge < -0.3 is 10.6 Å². The van der Waals surface area contributed by atoms with Crippen molar-refractivity contribution in [1.82, 2.24) is 4.90 Å². The second kappa shape index (κ2) is 5.53. The number of nitrogen functional groups attached to an aromatic ring is 1. The van der Waals surface area contributed by atoms with Gasteiger partial charge in [-0.15, -0.1) is 11.3 Å². The number of carbonyl (C=O) groups excluding carboxylic acids is 1. The molecule has 1 amide bonds. The largest absolute Gasteiger partial charge is 0.399 e. The van der Waals surface area contributed by atoms with Crippen LogP contribution in [0.15, 0.2) is 29.6 Å². The molecular weight excluding hydrogens is 280 g/mol. The summed E-state index contributed by atoms with van der Waals surface area (Å²) in [4.78, 5) is 16.4. The number of hydrogen-bond acceptors (Lipinski definition) is 3. The zero-order chi connectivity index (χ0) is 15.0. The average molecular weight is 300 g/mol. The van der Waals surface area contributed by atoms with Crippen LogP contribution in [0.3, 0.4) is 0 Å². The number of anilines is 1. The summed E-state index contributed by atoms with van der Waals surface area (Å²) in [5.74, 6) is 0.100. The predicted molar refractivity (Wildman–Crippen MR) is 87.7 cm³/mol. The topological polar surface area (TPSA) is 46.3 Å². The molecule has 0 bridgehead atoms. The van der Waals surface area contributed by atoms with Gasteiger partial charge in [-0.05, 0) is 54.5 Å². The Kier molecular flexibility index (Phi) is 3.72. The van der Waals surface area contributed by atoms with Crippen LogP contribution < -0.4 is 5.73 Å². The molecule has 2 heterocycles. The monoisotopic (exact) mass is 300 g/mol. The molecule has 0 saturated heterocycles. The van der Waals surface area contributed by atoms with Gasteiger partial charge in [-0.3, -0.25) is 4.79 Å². The molecule has 1 aromatic carbocycles. The van der Waals surface area contributed by atoms with Crippen LogP contribution in [0, 0.1) is 6.92 Å². The van der Waals surface area contributed by atoms with Crippen LogP contribution in [0.2, 0.25) is 0 Å². The van der Waals surface area contributed by atoms with Crippen molar-refractivity contribution in [3.63, 3.8) is 0 Å². The zero-order valence-electron chi connectivity index (χ0n) is 12.4. The Morgan fingerprint density at radius 3 is 3.00 bits per heavy atom. The summed E-state index contributed by atoms with van der Waals surface area (Å²) in [6.07, 6.45) is 1.90. The second-order valence-corrected chi connectivity index (χ2v) is 6.55. The third-order valence-electron chi connectivity index (χ3n) is 4.23. The minimum Gasteiger partial charge on any atom is -0.399 e. The van der Waals surface area contributed by atoms with Crippen molar-refractivity contribution in [2.24, 2.45) is 0 Å². The molecule has 0 saturated carbocycles. The fraction of sp³-hybridized carbons (Fsp3) is 0.353. The molecule has 3 nitrogen and oxygen atoms in total. The maximum atomic E-state index is 12.9. The predicted octanol–water partition coefficient (Wildman–Crippen LogP) is 3.79. The standard InChI is InChI=1S/C17H20N2OS/c1-3-15-13-7-9-21-16(13)6-8-19(15)17(20)14-10-12(18)5-4-11(14)2/h4-5,7,9-10,15H,3,6,8,18H2,1-2H3. The molecule has 110 valence electrons. The van der Waals surface area contributed by atoms with Crippen LogP contribution in [0.25, 0.3) is 0 Å². The smallest absolute Gasteiger partial charge is 0.254 e. The number of nitrogens with zero attached hydrogens (tertiary/aromatic N) is 1. The van der Waals surface area contributed by atoms with Crippen molar-refractivity contribution >= 4 is 22.9 Å². The van der Waals surface area contributed by atoms with Gasteiger partial charge in [0.25, 0.3) is 5.91 Å². The summed E-state index contributed by atoms with van der Waals surface area (Å²) in [5.41, 5.74) is 9.53. The van der Waals surface area contributed by atoms with Crippen molar-refractivity contribution in [2.75, 3.05) is 12.3 Å². The van der Waals surface area contributed by atoms with Crippen molar-refractivity contribution < 1.29 is 4.79 Å². The Bertz CT molecular complexity index is 677. The molecule has 1 aliphatic heterocycles. The normalized spacial score (nSPS) is 17.6. The van der Waals surface area contributed by atoms with Crippen LogP contribution in [-0.4, -0.2) is 17.4 Å². The Morgan fingerprint density at radius 2 is 2.24 bits per heavy atom. The Hall–Kier alpha value is -1.81. The lowest BCUT2D eigenvalue weighted by molar-refractivity contribution is 0.0657. The highest BCUT2D eigenvalue weighted by molar-refractivity contribution is 7.10. The lowest BCUT2D eigenvalue weighted by atomic mass is 9.96. The van der Waals surface area contributed by atoms with Crippen LogP contribution >= 0.6 is 11.3 Å². The van der Waals surface area contributed by atoms with Gasteiger partial charge in [-0.25, -0.2) is 0 Å². The van der Waals surface area contributed by atoms with Gasteiger partial charge in [0.2, 0.25) is 0 Å². The molecule has 1 unspecified atom stereocenters. The Balaban J connectivity index is 1.96. The molecule has 2 aromatic rings. The molecule has 2 N–H and O–H groups in total. The molecule has 1 aliphatic rings. The molecule has 1 atom stereocenters. The quantitative estimate of drug-likeness (QED) is 0.858. The van der Waals surface area contributed by atoms with Crippen LogP contribution in [0.1, 0.15) is 45.7 Å². The minimum absolute atomic E-state index is 0.100. The number of rotatable bonds is 2. The molecular formula is C17H20N2OS. The van der Waals surface area contributed by atoms with Gasteiger partial charge in [-0.2, -0.15) is 0 Å². The van der Waals surface area contributed by atoms with E-state index in [-0.39, 0.29) is 11.9 Å². The third kappa shape index (κ3) is 2.44. The first kappa shape index (κ1) is 14.1. The van der Waals surface area contributed by atoms with E-state index in [1.54, 1.807) is 17.4 Å². The van der Waals surface area contributed by atoms with E-state index in [1.165, 1.54) is 10.4 Å². The number of benzene rings is 1. The lowest BCUT2D eigenvalue weighted by Crippen LogP contribution is -2.39. The van der Waals surface area contributed by atoms with E-state index in [1.807, 2.05) is 24.0 Å². The summed E-state index contributed by atoms with van der Waals surface area (Å²) in [7, 11) is 0. The highest BCUT2D eigenvalue weighted by Gasteiger charge is 2.31. The summed E-state index contributed by atoms with van der Waals surface area (Å²) < 4.78 is 0. The second-order valence-electron chi connectivity index (χ2n) is 5.55. The first-order chi connectivity index (χ1) is 10.1. The van der Waals surface area contributed by atoms with Crippen molar-refractivity contribution in [1.29, 1.82) is 0 Å². The average Bonchev–Trinajstić information content (AvgIpc) is 2.96. The number of fused-ring (bicyclic) bond motifs is 1. The highest BCUT2D eigenvalue weighted by atomic mass is 32.1. The maximum absolute atomic E-state index is 12.9. The number of nitrogens with two attached hydrogens (primary N) is 1. The molecule has 21 heavy (non-hydrogen) atoms. The molecule has 3 rings (SSSR count). The van der Waals surface area contributed by atoms with Gasteiger partial charge in [0.05, 0.1) is 6.04 Å². The SMILES string of the molecule is CCC1c2ccsc2CCN1C(=O)c1cc(N)ccc1C. The van der Waals surface area contributed by atoms with E-state index in [2.05, 4.69) is 18.4 Å². The molecule has 0 radical (unpaired) electrons. The van der Waals surface area contributed by atoms with E-state index in [4.69, 9.17) is 5.73 Å². The highest BCUT2D eigenvalue weighted by Crippen LogP contribution is 2.36. The van der Waals surface area contributed by atoms with Gasteiger partial charge in [0.1, 0.15) is 0 Å². The van der Waals surface area contributed by atoms with Crippen LogP contribution in [-0.2, 0) is 6.42 Å². The van der Waals surface area contributed by atoms with E-state index >= 15 is 0 Å². The van der Waals surface area contributed by atoms with E-state index < -0.39 is 0 Å². The summed E-state index contributed by atoms with van der Waals surface area (Å²) in [5, 5.41) is 2.13. The van der Waals surface area contributed by atoms with Crippen LogP contribution in [0.4, 0.5) is 5.69 Å². The van der Waals surface area contributed by atoms with Crippen LogP contribution in [0.5, 0.6) is 0 Å². The summed E-state index contributed by atoms with van der Waals surface area (Å²) in [6, 6.07) is 7.92. The molecule has 4 heteroatoms. The lowest BCUT2D eigenvalue weighted by Gasteiger charge is -2.36. The van der Waals surface area contributed by atoms with Crippen molar-refractivity contribution in [3.05, 3.63) is 51.2 Å². The van der Waals surface area contributed by atoms with Crippen molar-refractivity contribution in [2.45, 2.75) is 32.7 Å². The number of amides is 1. The summed E-state index contributed by atoms with van der Waals surface area (Å²) >= 11 is 1.80. The molecule has 0 aliphatic carbocycles. The van der Waals surface area contributed by atoms with E-state index in [0.29, 0.717) is 5.69 Å². The Morgan fingerprint density at radius 1 is 1.43 bits per heavy atom. The Labute approximate surface area is 129 Å². The van der Waals surface area contributed by atoms with Gasteiger partial charge in [0, 0.05) is 22.7 Å². The fourth-order valence-electron chi connectivity index (χ4n) is 3.10. The van der Waals surface area contributed by atoms with Crippen molar-refractivity contribution in [3.8, 4) is 0 Å². The first-order valence-electron chi connectivity index (χ1n) is 7.35. The minimum atomic E-state index is 0.100. The van der Waals surface area contributed by atoms with Gasteiger partial charge in [-0.1, -0.05) is 13.0 Å². The maximum Gasteiger partial charge on any atom is 0.254 e. The van der Waals surface area contributed by atoms with E-state index in [0.717, 1.165) is 30.5 Å². The number of aryl methyl sites for hydroxylation is 1. The van der Waals surface area contributed by atoms with Gasteiger partial charge >= 0.3 is 0 Å². The van der Waals surface area contributed by atoms with Gasteiger partial charge in [0.15, 0.2) is 0 Å². The fourth-order valence-corrected chi connectivity index (χ4v) is 4.03. The summed E-state index contributed by atoms with van der Waals surface area (Å²) in [6.45, 7) is 4.90. The zero-order valence-corrected chi connectivity index (χ0v) is 13.2. The molecule has 0 fully saturated rings. The number of carbonyl (C=O) groups is 1. The number of hydrogen-bond donors (Lipinski definition) is 1. The first-order valence-corrected chi connectivity index (χ1v) is 8.23. The molecule has 1 aromatic heterocycles. The molecule has 0 spiro atoms. The third-order valence-corrected chi connectivity index (χ3v) is 5.23.